The van der Waals surface area contributed by atoms with Crippen LogP contribution in [0, 0.1) is 0 Å². The van der Waals surface area contributed by atoms with Crippen molar-refractivity contribution in [1.29, 1.82) is 0 Å². The SMILES string of the molecule is C[C@@H](O)CCP=P. The average Bonchev–Trinajstić information content (AvgIpc) is 1.61. The first-order chi connectivity index (χ1) is 3.27. The van der Waals surface area contributed by atoms with E-state index in [9.17, 15) is 0 Å². The molecule has 0 aromatic heterocycles. The molecule has 0 rings (SSSR count). The molecule has 0 saturated heterocycles. The molecule has 42 valence electrons. The fourth-order valence-corrected chi connectivity index (χ4v) is 1.14. The van der Waals surface area contributed by atoms with Gasteiger partial charge in [0.2, 0.25) is 0 Å². The summed E-state index contributed by atoms with van der Waals surface area (Å²) in [5, 5.41) is 8.66. The molecular weight excluding hydrogens is 126 g/mol. The maximum atomic E-state index is 8.66. The van der Waals surface area contributed by atoms with Crippen LogP contribution in [0.4, 0.5) is 0 Å². The highest BCUT2D eigenvalue weighted by Crippen LogP contribution is 2.04. The van der Waals surface area contributed by atoms with Gasteiger partial charge in [-0.15, -0.1) is 0 Å². The standard InChI is InChI=1S/C4H10OP2/c1-4(5)2-3-7-6/h4-6H,2-3H2,1H3/t4-/m1/s1. The van der Waals surface area contributed by atoms with Crippen molar-refractivity contribution in [2.45, 2.75) is 19.4 Å². The summed E-state index contributed by atoms with van der Waals surface area (Å²) in [5.41, 5.74) is 0. The van der Waals surface area contributed by atoms with Gasteiger partial charge >= 0.3 is 0 Å². The second-order valence-corrected chi connectivity index (χ2v) is 3.23. The number of aliphatic hydroxyl groups is 1. The minimum atomic E-state index is -0.135. The van der Waals surface area contributed by atoms with Crippen LogP contribution < -0.4 is 0 Å². The van der Waals surface area contributed by atoms with Gasteiger partial charge in [-0.1, -0.05) is 16.4 Å². The lowest BCUT2D eigenvalue weighted by Crippen LogP contribution is -1.98. The lowest BCUT2D eigenvalue weighted by atomic mass is 10.3. The first-order valence-electron chi connectivity index (χ1n) is 2.28. The number of hydrogen-bond acceptors (Lipinski definition) is 1. The van der Waals surface area contributed by atoms with E-state index in [0.29, 0.717) is 0 Å². The number of aliphatic hydroxyl groups excluding tert-OH is 1. The van der Waals surface area contributed by atoms with Crippen LogP contribution in [0.2, 0.25) is 0 Å². The molecule has 0 aliphatic heterocycles. The van der Waals surface area contributed by atoms with E-state index in [0.717, 1.165) is 12.6 Å². The van der Waals surface area contributed by atoms with E-state index in [1.165, 1.54) is 7.87 Å². The summed E-state index contributed by atoms with van der Waals surface area (Å²) in [6, 6.07) is 0. The zero-order chi connectivity index (χ0) is 5.70. The Balaban J connectivity index is 2.81. The van der Waals surface area contributed by atoms with Crippen LogP contribution in [0.3, 0.4) is 0 Å². The van der Waals surface area contributed by atoms with Crippen molar-refractivity contribution >= 4 is 16.4 Å². The van der Waals surface area contributed by atoms with E-state index in [-0.39, 0.29) is 6.10 Å². The zero-order valence-electron chi connectivity index (χ0n) is 4.39. The van der Waals surface area contributed by atoms with Crippen molar-refractivity contribution in [2.75, 3.05) is 6.16 Å². The fourth-order valence-electron chi connectivity index (χ4n) is 0.251. The molecule has 1 N–H and O–H groups in total. The maximum absolute atomic E-state index is 8.66. The predicted molar refractivity (Wildman–Crippen MR) is 36.4 cm³/mol. The van der Waals surface area contributed by atoms with Gasteiger partial charge in [0, 0.05) is 0 Å². The van der Waals surface area contributed by atoms with E-state index in [4.69, 9.17) is 5.11 Å². The van der Waals surface area contributed by atoms with Gasteiger partial charge in [0.15, 0.2) is 0 Å². The Morgan fingerprint density at radius 2 is 2.43 bits per heavy atom. The molecule has 0 saturated carbocycles. The largest absolute Gasteiger partial charge is 0.393 e. The summed E-state index contributed by atoms with van der Waals surface area (Å²) in [4.78, 5) is 0. The van der Waals surface area contributed by atoms with Crippen LogP contribution in [-0.2, 0) is 0 Å². The molecular formula is C4H10OP2. The van der Waals surface area contributed by atoms with Gasteiger partial charge in [0.1, 0.15) is 0 Å². The molecule has 0 spiro atoms. The summed E-state index contributed by atoms with van der Waals surface area (Å²) in [6.07, 6.45) is 1.79. The number of rotatable bonds is 3. The fraction of sp³-hybridized carbons (Fsp3) is 1.00. The zero-order valence-corrected chi connectivity index (χ0v) is 6.28. The Kier molecular flexibility index (Phi) is 5.09. The molecule has 0 heterocycles. The van der Waals surface area contributed by atoms with Crippen molar-refractivity contribution in [1.82, 2.24) is 0 Å². The predicted octanol–water partition coefficient (Wildman–Crippen LogP) is 1.76. The number of hydrogen-bond donors (Lipinski definition) is 1. The van der Waals surface area contributed by atoms with Crippen LogP contribution >= 0.6 is 16.4 Å². The van der Waals surface area contributed by atoms with Crippen LogP contribution in [0.1, 0.15) is 13.3 Å². The first kappa shape index (κ1) is 7.56. The molecule has 0 amide bonds. The smallest absolute Gasteiger partial charge is 0.0518 e. The minimum Gasteiger partial charge on any atom is -0.393 e. The van der Waals surface area contributed by atoms with Crippen molar-refractivity contribution < 1.29 is 5.11 Å². The van der Waals surface area contributed by atoms with Gasteiger partial charge in [-0.2, -0.15) is 0 Å². The Morgan fingerprint density at radius 1 is 1.86 bits per heavy atom. The Bertz CT molecular complexity index is 53.7. The maximum Gasteiger partial charge on any atom is 0.0518 e. The molecule has 3 heteroatoms. The van der Waals surface area contributed by atoms with Gasteiger partial charge in [0.05, 0.1) is 6.10 Å². The van der Waals surface area contributed by atoms with Crippen molar-refractivity contribution in [3.05, 3.63) is 0 Å². The van der Waals surface area contributed by atoms with Crippen LogP contribution in [0.25, 0.3) is 0 Å². The Labute approximate surface area is 48.0 Å². The molecule has 0 unspecified atom stereocenters. The average molecular weight is 136 g/mol. The summed E-state index contributed by atoms with van der Waals surface area (Å²) < 4.78 is 0. The van der Waals surface area contributed by atoms with Crippen LogP contribution in [0.5, 0.6) is 0 Å². The van der Waals surface area contributed by atoms with E-state index in [2.05, 4.69) is 8.53 Å². The lowest BCUT2D eigenvalue weighted by Gasteiger charge is -1.95. The molecule has 0 aromatic carbocycles. The Hall–Kier alpha value is 0.560. The molecule has 1 nitrogen and oxygen atoms in total. The summed E-state index contributed by atoms with van der Waals surface area (Å²) >= 11 is 0. The minimum absolute atomic E-state index is 0.135. The first-order valence-corrected chi connectivity index (χ1v) is 4.70. The van der Waals surface area contributed by atoms with Gasteiger partial charge in [-0.3, -0.25) is 0 Å². The Morgan fingerprint density at radius 3 is 2.57 bits per heavy atom. The van der Waals surface area contributed by atoms with Gasteiger partial charge in [-0.05, 0) is 19.5 Å². The molecule has 0 aliphatic rings. The lowest BCUT2D eigenvalue weighted by molar-refractivity contribution is 0.192. The highest BCUT2D eigenvalue weighted by atomic mass is 31.7. The third-order valence-electron chi connectivity index (χ3n) is 0.659. The summed E-state index contributed by atoms with van der Waals surface area (Å²) in [6.45, 7) is 1.80. The third-order valence-corrected chi connectivity index (χ3v) is 1.81. The van der Waals surface area contributed by atoms with E-state index in [1.807, 2.05) is 0 Å². The van der Waals surface area contributed by atoms with Gasteiger partial charge < -0.3 is 5.11 Å². The van der Waals surface area contributed by atoms with Crippen molar-refractivity contribution in [3.8, 4) is 0 Å². The highest BCUT2D eigenvalue weighted by molar-refractivity contribution is 7.74. The third kappa shape index (κ3) is 6.56. The molecule has 0 bridgehead atoms. The van der Waals surface area contributed by atoms with Gasteiger partial charge in [-0.25, -0.2) is 0 Å². The molecule has 0 aliphatic carbocycles. The molecule has 0 radical (unpaired) electrons. The molecule has 0 aromatic rings. The van der Waals surface area contributed by atoms with Crippen molar-refractivity contribution in [2.24, 2.45) is 0 Å². The van der Waals surface area contributed by atoms with Crippen molar-refractivity contribution in [3.63, 3.8) is 0 Å². The van der Waals surface area contributed by atoms with Crippen LogP contribution in [0.15, 0.2) is 0 Å². The van der Waals surface area contributed by atoms with E-state index >= 15 is 0 Å². The molecule has 0 fully saturated rings. The topological polar surface area (TPSA) is 20.2 Å². The molecule has 7 heavy (non-hydrogen) atoms. The highest BCUT2D eigenvalue weighted by Gasteiger charge is 1.89. The van der Waals surface area contributed by atoms with E-state index in [1.54, 1.807) is 6.92 Å². The summed E-state index contributed by atoms with van der Waals surface area (Å²) in [5.74, 6) is 0. The summed E-state index contributed by atoms with van der Waals surface area (Å²) in [7, 11) is 4.47. The monoisotopic (exact) mass is 136 g/mol. The second kappa shape index (κ2) is 4.71. The molecule has 1 atom stereocenters. The van der Waals surface area contributed by atoms with E-state index < -0.39 is 0 Å². The quantitative estimate of drug-likeness (QED) is 0.586. The van der Waals surface area contributed by atoms with Gasteiger partial charge in [0.25, 0.3) is 0 Å². The van der Waals surface area contributed by atoms with Crippen LogP contribution in [-0.4, -0.2) is 17.4 Å². The second-order valence-electron chi connectivity index (χ2n) is 1.52. The normalized spacial score (nSPS) is 14.6.